The van der Waals surface area contributed by atoms with Crippen LogP contribution in [0.15, 0.2) is 36.7 Å². The van der Waals surface area contributed by atoms with Gasteiger partial charge in [-0.2, -0.15) is 0 Å². The molecule has 3 aromatic rings. The number of benzene rings is 1. The van der Waals surface area contributed by atoms with E-state index in [1.165, 1.54) is 0 Å². The van der Waals surface area contributed by atoms with Gasteiger partial charge >= 0.3 is 0 Å². The van der Waals surface area contributed by atoms with Gasteiger partial charge in [-0.25, -0.2) is 0 Å². The number of halogens is 1. The highest BCUT2D eigenvalue weighted by atomic mass is 35.5. The van der Waals surface area contributed by atoms with Crippen molar-refractivity contribution in [1.29, 1.82) is 0 Å². The Morgan fingerprint density at radius 1 is 1.34 bits per heavy atom. The number of pyridine rings is 1. The number of anilines is 2. The highest BCUT2D eigenvalue weighted by Crippen LogP contribution is 2.41. The van der Waals surface area contributed by atoms with Gasteiger partial charge in [-0.3, -0.25) is 9.78 Å². The molecule has 1 atom stereocenters. The molecule has 1 saturated heterocycles. The van der Waals surface area contributed by atoms with Crippen molar-refractivity contribution in [1.82, 2.24) is 15.3 Å². The molecular formula is C24H25ClN4O3. The Bertz CT molecular complexity index is 1160. The second-order valence-corrected chi connectivity index (χ2v) is 8.35. The number of nitrogens with zero attached hydrogens (tertiary/aromatic N) is 1. The van der Waals surface area contributed by atoms with Gasteiger partial charge in [0.25, 0.3) is 5.91 Å². The quantitative estimate of drug-likeness (QED) is 0.491. The maximum atomic E-state index is 12.9. The van der Waals surface area contributed by atoms with E-state index >= 15 is 0 Å². The zero-order valence-electron chi connectivity index (χ0n) is 17.8. The maximum absolute atomic E-state index is 12.9. The summed E-state index contributed by atoms with van der Waals surface area (Å²) in [6.07, 6.45) is 6.02. The van der Waals surface area contributed by atoms with Gasteiger partial charge in [-0.1, -0.05) is 24.6 Å². The lowest BCUT2D eigenvalue weighted by Gasteiger charge is -2.26. The van der Waals surface area contributed by atoms with Crippen LogP contribution in [0.5, 0.6) is 5.75 Å². The van der Waals surface area contributed by atoms with Gasteiger partial charge in [0.2, 0.25) is 0 Å². The number of fused-ring (bicyclic) bond motifs is 1. The van der Waals surface area contributed by atoms with Crippen molar-refractivity contribution in [3.05, 3.63) is 58.5 Å². The number of carbonyl (C=O) groups is 1. The van der Waals surface area contributed by atoms with Crippen molar-refractivity contribution < 1.29 is 14.3 Å². The van der Waals surface area contributed by atoms with Gasteiger partial charge in [0.15, 0.2) is 0 Å². The minimum absolute atomic E-state index is 0.101. The van der Waals surface area contributed by atoms with Crippen LogP contribution in [0.25, 0.3) is 11.3 Å². The molecule has 166 valence electrons. The third kappa shape index (κ3) is 3.82. The van der Waals surface area contributed by atoms with Crippen molar-refractivity contribution in [3.63, 3.8) is 0 Å². The van der Waals surface area contributed by atoms with E-state index in [4.69, 9.17) is 21.1 Å². The minimum atomic E-state index is -0.101. The first-order valence-electron chi connectivity index (χ1n) is 10.9. The third-order valence-corrected chi connectivity index (χ3v) is 6.32. The summed E-state index contributed by atoms with van der Waals surface area (Å²) >= 11 is 6.45. The fourth-order valence-corrected chi connectivity index (χ4v) is 4.48. The van der Waals surface area contributed by atoms with Crippen molar-refractivity contribution in [2.75, 3.05) is 25.1 Å². The van der Waals surface area contributed by atoms with E-state index in [2.05, 4.69) is 27.5 Å². The van der Waals surface area contributed by atoms with Crippen LogP contribution in [-0.2, 0) is 17.6 Å². The number of hydrogen-bond acceptors (Lipinski definition) is 5. The number of amides is 1. The monoisotopic (exact) mass is 452 g/mol. The summed E-state index contributed by atoms with van der Waals surface area (Å²) in [7, 11) is 0. The van der Waals surface area contributed by atoms with Gasteiger partial charge in [-0.05, 0) is 30.2 Å². The van der Waals surface area contributed by atoms with Gasteiger partial charge in [0.05, 0.1) is 29.2 Å². The zero-order valence-corrected chi connectivity index (χ0v) is 18.6. The molecule has 1 fully saturated rings. The van der Waals surface area contributed by atoms with Crippen LogP contribution >= 0.6 is 11.6 Å². The fraction of sp³-hybridized carbons (Fsp3) is 0.333. The van der Waals surface area contributed by atoms with Crippen molar-refractivity contribution >= 4 is 28.9 Å². The molecule has 2 aliphatic rings. The number of hydrogen-bond donors (Lipinski definition) is 3. The number of nitrogens with one attached hydrogen (secondary N) is 3. The lowest BCUT2D eigenvalue weighted by molar-refractivity contribution is -0.0720. The largest absolute Gasteiger partial charge is 0.489 e. The van der Waals surface area contributed by atoms with E-state index in [1.807, 2.05) is 24.3 Å². The third-order valence-electron chi connectivity index (χ3n) is 5.97. The molecule has 2 aromatic heterocycles. The average Bonchev–Trinajstić information content (AvgIpc) is 3.12. The number of ether oxygens (including phenoxy) is 2. The normalized spacial score (nSPS) is 17.3. The summed E-state index contributed by atoms with van der Waals surface area (Å²) in [5, 5.41) is 7.16. The Morgan fingerprint density at radius 2 is 2.22 bits per heavy atom. The molecule has 2 aliphatic heterocycles. The Balaban J connectivity index is 1.60. The zero-order chi connectivity index (χ0) is 22.1. The predicted molar refractivity (Wildman–Crippen MR) is 124 cm³/mol. The maximum Gasteiger partial charge on any atom is 0.255 e. The number of rotatable bonds is 7. The minimum Gasteiger partial charge on any atom is -0.489 e. The van der Waals surface area contributed by atoms with Gasteiger partial charge < -0.3 is 25.1 Å². The van der Waals surface area contributed by atoms with Crippen LogP contribution < -0.4 is 15.4 Å². The first kappa shape index (κ1) is 20.8. The summed E-state index contributed by atoms with van der Waals surface area (Å²) < 4.78 is 11.6. The van der Waals surface area contributed by atoms with E-state index in [0.717, 1.165) is 54.1 Å². The first-order valence-corrected chi connectivity index (χ1v) is 11.3. The van der Waals surface area contributed by atoms with E-state index in [-0.39, 0.29) is 12.0 Å². The smallest absolute Gasteiger partial charge is 0.255 e. The van der Waals surface area contributed by atoms with E-state index in [1.54, 1.807) is 12.4 Å². The first-order chi connectivity index (χ1) is 15.7. The molecular weight excluding hydrogens is 428 g/mol. The molecule has 8 heteroatoms. The molecule has 0 spiro atoms. The summed E-state index contributed by atoms with van der Waals surface area (Å²) in [6, 6.07) is 7.66. The Kier molecular flexibility index (Phi) is 5.76. The molecule has 0 aliphatic carbocycles. The van der Waals surface area contributed by atoms with Crippen LogP contribution in [0.4, 0.5) is 11.4 Å². The molecule has 5 rings (SSSR count). The molecule has 4 heterocycles. The standard InChI is InChI=1S/C24H25ClN4O3/c1-2-15-17(25)4-3-5-18(15)28-23-21-19(7-10-27-24(21)30)29-22(23)16-6-9-26-12-20(16)32-13-14-8-11-31-14/h3-6,9,12,14,28-29H,2,7-8,10-11,13H2,1H3,(H,27,30). The second kappa shape index (κ2) is 8.84. The number of aromatic nitrogens is 2. The molecule has 32 heavy (non-hydrogen) atoms. The van der Waals surface area contributed by atoms with Crippen LogP contribution in [0.1, 0.15) is 35.0 Å². The molecule has 1 unspecified atom stereocenters. The topological polar surface area (TPSA) is 88.3 Å². The average molecular weight is 453 g/mol. The van der Waals surface area contributed by atoms with E-state index in [9.17, 15) is 4.79 Å². The summed E-state index contributed by atoms with van der Waals surface area (Å²) in [4.78, 5) is 20.6. The summed E-state index contributed by atoms with van der Waals surface area (Å²) in [5.41, 5.74) is 5.74. The molecule has 7 nitrogen and oxygen atoms in total. The van der Waals surface area contributed by atoms with Gasteiger partial charge in [0, 0.05) is 54.2 Å². The molecule has 1 amide bonds. The lowest BCUT2D eigenvalue weighted by Crippen LogP contribution is -2.32. The van der Waals surface area contributed by atoms with E-state index < -0.39 is 0 Å². The number of carbonyl (C=O) groups excluding carboxylic acids is 1. The molecule has 0 bridgehead atoms. The summed E-state index contributed by atoms with van der Waals surface area (Å²) in [5.74, 6) is 0.544. The van der Waals surface area contributed by atoms with Crippen LogP contribution in [0, 0.1) is 0 Å². The van der Waals surface area contributed by atoms with Crippen molar-refractivity contribution in [3.8, 4) is 17.0 Å². The highest BCUT2D eigenvalue weighted by molar-refractivity contribution is 6.31. The predicted octanol–water partition coefficient (Wildman–Crippen LogP) is 4.49. The Morgan fingerprint density at radius 3 is 3.00 bits per heavy atom. The van der Waals surface area contributed by atoms with Crippen molar-refractivity contribution in [2.24, 2.45) is 0 Å². The van der Waals surface area contributed by atoms with Crippen molar-refractivity contribution in [2.45, 2.75) is 32.3 Å². The Labute approximate surface area is 191 Å². The molecule has 1 aromatic carbocycles. The van der Waals surface area contributed by atoms with Crippen LogP contribution in [0.3, 0.4) is 0 Å². The summed E-state index contributed by atoms with van der Waals surface area (Å²) in [6.45, 7) is 3.90. The fourth-order valence-electron chi connectivity index (χ4n) is 4.18. The van der Waals surface area contributed by atoms with Crippen LogP contribution in [-0.4, -0.2) is 41.7 Å². The Hall–Kier alpha value is -3.03. The van der Waals surface area contributed by atoms with Gasteiger partial charge in [-0.15, -0.1) is 0 Å². The van der Waals surface area contributed by atoms with Crippen LogP contribution in [0.2, 0.25) is 5.02 Å². The number of aromatic amines is 1. The molecule has 0 saturated carbocycles. The molecule has 0 radical (unpaired) electrons. The van der Waals surface area contributed by atoms with E-state index in [0.29, 0.717) is 35.2 Å². The lowest BCUT2D eigenvalue weighted by atomic mass is 10.0. The molecule has 3 N–H and O–H groups in total. The number of H-pyrrole nitrogens is 1. The second-order valence-electron chi connectivity index (χ2n) is 7.94. The highest BCUT2D eigenvalue weighted by Gasteiger charge is 2.29. The SMILES string of the molecule is CCc1c(Cl)cccc1Nc1c(-c2ccncc2OCC2CCO2)[nH]c2c1C(=O)NCC2. The van der Waals surface area contributed by atoms with Gasteiger partial charge in [0.1, 0.15) is 12.4 Å².